The Morgan fingerprint density at radius 2 is 1.84 bits per heavy atom. The largest absolute Gasteiger partial charge is 0.410 e. The van der Waals surface area contributed by atoms with Crippen molar-refractivity contribution in [2.75, 3.05) is 13.2 Å². The van der Waals surface area contributed by atoms with Gasteiger partial charge in [0.15, 0.2) is 20.4 Å². The van der Waals surface area contributed by atoms with Crippen LogP contribution in [-0.4, -0.2) is 62.7 Å². The van der Waals surface area contributed by atoms with E-state index in [1.54, 1.807) is 11.3 Å². The molecule has 9 heteroatoms. The van der Waals surface area contributed by atoms with Crippen molar-refractivity contribution >= 4 is 31.5 Å². The second-order valence-corrected chi connectivity index (χ2v) is 23.7. The second-order valence-electron chi connectivity index (χ2n) is 17.8. The molecule has 0 spiro atoms. The number of nitrogens with zero attached hydrogens (tertiary/aromatic N) is 1. The van der Waals surface area contributed by atoms with Crippen LogP contribution in [0.15, 0.2) is 22.6 Å². The highest BCUT2D eigenvalue weighted by atomic mass is 32.1. The summed E-state index contributed by atoms with van der Waals surface area (Å²) in [7, 11) is -2.00. The van der Waals surface area contributed by atoms with Gasteiger partial charge in [-0.15, -0.1) is 11.3 Å². The fourth-order valence-electron chi connectivity index (χ4n) is 7.09. The minimum atomic E-state index is -2.00. The van der Waals surface area contributed by atoms with E-state index < -0.39 is 19.5 Å². The number of aromatic nitrogens is 1. The van der Waals surface area contributed by atoms with Crippen molar-refractivity contribution in [1.82, 2.24) is 4.98 Å². The summed E-state index contributed by atoms with van der Waals surface area (Å²) >= 11 is 1.68. The minimum Gasteiger partial charge on any atom is -0.410 e. The number of ether oxygens (including phenoxy) is 4. The third-order valence-electron chi connectivity index (χ3n) is 11.6. The molecule has 292 valence electrons. The Balaban J connectivity index is 1.73. The lowest BCUT2D eigenvalue weighted by atomic mass is 9.71. The van der Waals surface area contributed by atoms with Crippen LogP contribution < -0.4 is 0 Å². The monoisotopic (exact) mass is 747 g/mol. The molecule has 0 aromatic carbocycles. The first-order chi connectivity index (χ1) is 23.7. The van der Waals surface area contributed by atoms with Gasteiger partial charge in [0, 0.05) is 17.9 Å². The van der Waals surface area contributed by atoms with Gasteiger partial charge in [0.2, 0.25) is 0 Å². The van der Waals surface area contributed by atoms with Gasteiger partial charge in [0.05, 0.1) is 41.0 Å². The molecule has 3 rings (SSSR count). The maximum Gasteiger partial charge on any atom is 0.192 e. The molecular weight excluding hydrogens is 675 g/mol. The highest BCUT2D eigenvalue weighted by Crippen LogP contribution is 2.41. The van der Waals surface area contributed by atoms with Crippen LogP contribution in [0.25, 0.3) is 6.08 Å². The first kappa shape index (κ1) is 44.2. The molecule has 2 aliphatic rings. The zero-order valence-electron chi connectivity index (χ0n) is 34.8. The number of carbonyl (C=O) groups is 1. The van der Waals surface area contributed by atoms with Gasteiger partial charge in [0.1, 0.15) is 5.78 Å². The molecule has 0 saturated carbocycles. The molecule has 0 bridgehead atoms. The highest BCUT2D eigenvalue weighted by molar-refractivity contribution is 7.09. The van der Waals surface area contributed by atoms with Crippen LogP contribution in [0, 0.1) is 24.2 Å². The molecular formula is C42H73NO6SSi. The van der Waals surface area contributed by atoms with Gasteiger partial charge in [-0.2, -0.15) is 0 Å². The average Bonchev–Trinajstić information content (AvgIpc) is 3.46. The summed E-state index contributed by atoms with van der Waals surface area (Å²) < 4.78 is 32.0. The lowest BCUT2D eigenvalue weighted by Crippen LogP contribution is -2.52. The first-order valence-electron chi connectivity index (χ1n) is 19.7. The smallest absolute Gasteiger partial charge is 0.192 e. The second kappa shape index (κ2) is 18.9. The van der Waals surface area contributed by atoms with Gasteiger partial charge in [-0.25, -0.2) is 4.98 Å². The Hall–Kier alpha value is -1.20. The summed E-state index contributed by atoms with van der Waals surface area (Å²) in [6, 6.07) is 0. The van der Waals surface area contributed by atoms with E-state index in [4.69, 9.17) is 23.4 Å². The third kappa shape index (κ3) is 13.0. The molecule has 2 saturated heterocycles. The molecule has 1 aromatic heterocycles. The quantitative estimate of drug-likeness (QED) is 0.109. The minimum absolute atomic E-state index is 0.0139. The summed E-state index contributed by atoms with van der Waals surface area (Å²) in [6.45, 7) is 31.7. The third-order valence-corrected chi connectivity index (χ3v) is 16.8. The van der Waals surface area contributed by atoms with Crippen LogP contribution in [0.1, 0.15) is 145 Å². The Kier molecular flexibility index (Phi) is 16.4. The van der Waals surface area contributed by atoms with Gasteiger partial charge >= 0.3 is 0 Å². The number of hydrogen-bond donors (Lipinski definition) is 0. The van der Waals surface area contributed by atoms with Crippen molar-refractivity contribution in [3.63, 3.8) is 0 Å². The molecule has 0 aliphatic carbocycles. The molecule has 0 amide bonds. The fourth-order valence-corrected chi connectivity index (χ4v) is 9.00. The van der Waals surface area contributed by atoms with Crippen molar-refractivity contribution in [3.05, 3.63) is 33.3 Å². The van der Waals surface area contributed by atoms with Crippen LogP contribution in [-0.2, 0) is 28.2 Å². The van der Waals surface area contributed by atoms with Crippen LogP contribution in [0.2, 0.25) is 18.1 Å². The van der Waals surface area contributed by atoms with Gasteiger partial charge in [-0.1, -0.05) is 60.1 Å². The summed E-state index contributed by atoms with van der Waals surface area (Å²) in [4.78, 5) is 19.2. The van der Waals surface area contributed by atoms with Crippen molar-refractivity contribution in [2.45, 2.75) is 189 Å². The average molecular weight is 748 g/mol. The molecule has 0 N–H and O–H groups in total. The van der Waals surface area contributed by atoms with Gasteiger partial charge < -0.3 is 23.4 Å². The van der Waals surface area contributed by atoms with E-state index in [1.807, 2.05) is 27.7 Å². The normalized spacial score (nSPS) is 23.5. The summed E-state index contributed by atoms with van der Waals surface area (Å²) in [5, 5.41) is 3.33. The molecule has 3 heterocycles. The molecule has 2 fully saturated rings. The van der Waals surface area contributed by atoms with E-state index in [0.29, 0.717) is 13.0 Å². The summed E-state index contributed by atoms with van der Waals surface area (Å²) in [5.74, 6) is -0.517. The van der Waals surface area contributed by atoms with E-state index in [1.165, 1.54) is 11.1 Å². The number of ketones is 1. The van der Waals surface area contributed by atoms with Crippen molar-refractivity contribution < 1.29 is 28.2 Å². The van der Waals surface area contributed by atoms with E-state index in [0.717, 1.165) is 68.7 Å². The Bertz CT molecular complexity index is 1300. The number of aryl methyl sites for hydroxylation is 1. The molecule has 7 nitrogen and oxygen atoms in total. The molecule has 0 radical (unpaired) electrons. The van der Waals surface area contributed by atoms with Gasteiger partial charge in [-0.05, 0) is 128 Å². The fraction of sp³-hybridized carbons (Fsp3) is 0.810. The first-order valence-corrected chi connectivity index (χ1v) is 23.5. The SMILES string of the molecule is CCC(C(=O)C(C)(C)[C@@H]1CCOC(C)(C)O1)[C@@H](OC1CCCCO1)[C@@H](C)CCC/C(C)=C/C[C@H](O[Si](C)(C)C(C)(C)C)/C(C)=C/c1csc(C)n1. The maximum atomic E-state index is 14.5. The topological polar surface area (TPSA) is 76.1 Å². The van der Waals surface area contributed by atoms with Gasteiger partial charge in [0.25, 0.3) is 0 Å². The van der Waals surface area contributed by atoms with Crippen molar-refractivity contribution in [1.29, 1.82) is 0 Å². The van der Waals surface area contributed by atoms with Crippen LogP contribution in [0.5, 0.6) is 0 Å². The Labute approximate surface area is 316 Å². The highest BCUT2D eigenvalue weighted by Gasteiger charge is 2.48. The molecule has 2 aliphatic heterocycles. The lowest BCUT2D eigenvalue weighted by molar-refractivity contribution is -0.289. The lowest BCUT2D eigenvalue weighted by Gasteiger charge is -2.45. The molecule has 1 aromatic rings. The van der Waals surface area contributed by atoms with Crippen LogP contribution in [0.3, 0.4) is 0 Å². The number of Topliss-reactive ketones (excluding diaryl/α,β-unsaturated/α-hetero) is 1. The van der Waals surface area contributed by atoms with E-state index in [-0.39, 0.29) is 47.3 Å². The number of allylic oxidation sites excluding steroid dienone is 1. The molecule has 51 heavy (non-hydrogen) atoms. The Morgan fingerprint density at radius 3 is 2.41 bits per heavy atom. The predicted octanol–water partition coefficient (Wildman–Crippen LogP) is 11.5. The number of carbonyl (C=O) groups excluding carboxylic acids is 1. The zero-order valence-corrected chi connectivity index (χ0v) is 36.6. The number of hydrogen-bond acceptors (Lipinski definition) is 8. The zero-order chi connectivity index (χ0) is 38.2. The van der Waals surface area contributed by atoms with Crippen molar-refractivity contribution in [3.8, 4) is 0 Å². The van der Waals surface area contributed by atoms with E-state index >= 15 is 0 Å². The van der Waals surface area contributed by atoms with Crippen LogP contribution in [0.4, 0.5) is 0 Å². The van der Waals surface area contributed by atoms with E-state index in [9.17, 15) is 4.79 Å². The molecule has 6 atom stereocenters. The van der Waals surface area contributed by atoms with Gasteiger partial charge in [-0.3, -0.25) is 4.79 Å². The molecule has 2 unspecified atom stereocenters. The van der Waals surface area contributed by atoms with Crippen molar-refractivity contribution in [2.24, 2.45) is 17.3 Å². The van der Waals surface area contributed by atoms with E-state index in [2.05, 4.69) is 91.0 Å². The Morgan fingerprint density at radius 1 is 1.14 bits per heavy atom. The number of thiazole rings is 1. The maximum absolute atomic E-state index is 14.5. The summed E-state index contributed by atoms with van der Waals surface area (Å²) in [6.07, 6.45) is 12.2. The number of rotatable bonds is 18. The standard InChI is InChI=1S/C42H73NO6SSi/c1-15-34(39(44)41(9,10)36-24-26-46-42(11,12)48-36)38(47-37-21-16-17-25-45-37)30(3)20-18-19-29(2)22-23-35(49-51(13,14)40(6,7)8)31(4)27-33-28-50-32(5)43-33/h22,27-28,30,34-38H,15-21,23-26H2,1-14H3/b29-22+,31-27+/t30-,34?,35-,36-,37?,38-/m0/s1. The van der Waals surface area contributed by atoms with Crippen LogP contribution >= 0.6 is 11.3 Å². The summed E-state index contributed by atoms with van der Waals surface area (Å²) in [5.41, 5.74) is 2.95. The predicted molar refractivity (Wildman–Crippen MR) is 215 cm³/mol.